The van der Waals surface area contributed by atoms with Crippen LogP contribution in [-0.2, 0) is 11.2 Å². The van der Waals surface area contributed by atoms with Gasteiger partial charge in [-0.25, -0.2) is 4.98 Å². The number of aryl methyl sites for hydroxylation is 3. The van der Waals surface area contributed by atoms with Crippen LogP contribution in [0.3, 0.4) is 0 Å². The maximum atomic E-state index is 12.2. The third-order valence-corrected chi connectivity index (χ3v) is 4.03. The molecule has 1 amide bonds. The van der Waals surface area contributed by atoms with Gasteiger partial charge in [-0.3, -0.25) is 4.79 Å². The second-order valence-corrected chi connectivity index (χ2v) is 6.64. The Balaban J connectivity index is 1.60. The van der Waals surface area contributed by atoms with Gasteiger partial charge in [0.25, 0.3) is 0 Å². The number of benzene rings is 2. The summed E-state index contributed by atoms with van der Waals surface area (Å²) >= 11 is 0. The van der Waals surface area contributed by atoms with E-state index in [9.17, 15) is 4.79 Å². The van der Waals surface area contributed by atoms with Crippen LogP contribution in [0.25, 0.3) is 0 Å². The predicted octanol–water partition coefficient (Wildman–Crippen LogP) is 4.93. The van der Waals surface area contributed by atoms with Gasteiger partial charge in [-0.1, -0.05) is 35.9 Å². The molecule has 2 N–H and O–H groups in total. The Morgan fingerprint density at radius 1 is 0.846 bits per heavy atom. The number of carbonyl (C=O) groups is 1. The van der Waals surface area contributed by atoms with Gasteiger partial charge in [-0.05, 0) is 61.7 Å². The summed E-state index contributed by atoms with van der Waals surface area (Å²) in [7, 11) is 0. The molecule has 26 heavy (non-hydrogen) atoms. The van der Waals surface area contributed by atoms with Crippen LogP contribution >= 0.6 is 0 Å². The number of aromatic nitrogens is 1. The molecular formula is C22H23N3O. The minimum absolute atomic E-state index is 0.0503. The van der Waals surface area contributed by atoms with E-state index in [1.165, 1.54) is 16.7 Å². The van der Waals surface area contributed by atoms with E-state index in [-0.39, 0.29) is 5.91 Å². The van der Waals surface area contributed by atoms with Crippen molar-refractivity contribution in [2.24, 2.45) is 0 Å². The maximum absolute atomic E-state index is 12.2. The van der Waals surface area contributed by atoms with Gasteiger partial charge in [0.05, 0.1) is 18.3 Å². The average Bonchev–Trinajstić information content (AvgIpc) is 2.58. The van der Waals surface area contributed by atoms with E-state index in [4.69, 9.17) is 0 Å². The predicted molar refractivity (Wildman–Crippen MR) is 107 cm³/mol. The monoisotopic (exact) mass is 345 g/mol. The third-order valence-electron chi connectivity index (χ3n) is 4.03. The first kappa shape index (κ1) is 17.7. The zero-order chi connectivity index (χ0) is 18.5. The van der Waals surface area contributed by atoms with Crippen molar-refractivity contribution in [3.05, 3.63) is 83.0 Å². The van der Waals surface area contributed by atoms with Crippen molar-refractivity contribution in [3.63, 3.8) is 0 Å². The minimum Gasteiger partial charge on any atom is -0.340 e. The highest BCUT2D eigenvalue weighted by Gasteiger charge is 2.05. The Hall–Kier alpha value is -3.14. The van der Waals surface area contributed by atoms with Crippen molar-refractivity contribution < 1.29 is 4.79 Å². The summed E-state index contributed by atoms with van der Waals surface area (Å²) in [4.78, 5) is 16.5. The van der Waals surface area contributed by atoms with Crippen molar-refractivity contribution in [2.45, 2.75) is 27.2 Å². The summed E-state index contributed by atoms with van der Waals surface area (Å²) in [6.45, 7) is 6.17. The first-order chi connectivity index (χ1) is 12.5. The summed E-state index contributed by atoms with van der Waals surface area (Å²) in [5.74, 6) is 0.692. The average molecular weight is 345 g/mol. The van der Waals surface area contributed by atoms with E-state index in [1.54, 1.807) is 6.20 Å². The van der Waals surface area contributed by atoms with E-state index in [0.29, 0.717) is 12.1 Å². The quantitative estimate of drug-likeness (QED) is 0.689. The molecule has 3 aromatic rings. The van der Waals surface area contributed by atoms with Crippen LogP contribution in [0.4, 0.5) is 17.2 Å². The van der Waals surface area contributed by atoms with E-state index < -0.39 is 0 Å². The Kier molecular flexibility index (Phi) is 5.32. The normalized spacial score (nSPS) is 10.4. The molecule has 0 unspecified atom stereocenters. The third kappa shape index (κ3) is 4.93. The first-order valence-corrected chi connectivity index (χ1v) is 8.65. The largest absolute Gasteiger partial charge is 0.340 e. The summed E-state index contributed by atoms with van der Waals surface area (Å²) in [5, 5.41) is 6.17. The second kappa shape index (κ2) is 7.83. The van der Waals surface area contributed by atoms with Crippen LogP contribution in [0, 0.1) is 20.8 Å². The van der Waals surface area contributed by atoms with Gasteiger partial charge in [0.2, 0.25) is 5.91 Å². The molecule has 0 bridgehead atoms. The topological polar surface area (TPSA) is 54.0 Å². The molecule has 0 aliphatic heterocycles. The summed E-state index contributed by atoms with van der Waals surface area (Å²) in [6.07, 6.45) is 2.01. The second-order valence-electron chi connectivity index (χ2n) is 6.64. The number of carbonyl (C=O) groups excluding carboxylic acids is 1. The van der Waals surface area contributed by atoms with Crippen LogP contribution < -0.4 is 10.6 Å². The Morgan fingerprint density at radius 3 is 2.15 bits per heavy atom. The lowest BCUT2D eigenvalue weighted by molar-refractivity contribution is -0.115. The molecule has 4 nitrogen and oxygen atoms in total. The van der Waals surface area contributed by atoms with E-state index in [0.717, 1.165) is 17.1 Å². The van der Waals surface area contributed by atoms with Gasteiger partial charge in [0.15, 0.2) is 0 Å². The molecule has 1 heterocycles. The highest BCUT2D eigenvalue weighted by molar-refractivity contribution is 5.92. The number of nitrogens with zero attached hydrogens (tertiary/aromatic N) is 1. The lowest BCUT2D eigenvalue weighted by Crippen LogP contribution is -2.14. The highest BCUT2D eigenvalue weighted by atomic mass is 16.1. The number of nitrogens with one attached hydrogen (secondary N) is 2. The maximum Gasteiger partial charge on any atom is 0.228 e. The van der Waals surface area contributed by atoms with E-state index >= 15 is 0 Å². The molecule has 0 saturated heterocycles. The molecule has 0 aliphatic carbocycles. The molecule has 0 spiro atoms. The number of amides is 1. The fraction of sp³-hybridized carbons (Fsp3) is 0.182. The molecule has 132 valence electrons. The lowest BCUT2D eigenvalue weighted by atomic mass is 10.1. The van der Waals surface area contributed by atoms with Gasteiger partial charge >= 0.3 is 0 Å². The van der Waals surface area contributed by atoms with Gasteiger partial charge in [0, 0.05) is 5.69 Å². The van der Waals surface area contributed by atoms with Crippen LogP contribution in [0.5, 0.6) is 0 Å². The van der Waals surface area contributed by atoms with Gasteiger partial charge in [0.1, 0.15) is 5.82 Å². The summed E-state index contributed by atoms with van der Waals surface area (Å²) < 4.78 is 0. The van der Waals surface area contributed by atoms with E-state index in [2.05, 4.69) is 47.7 Å². The molecule has 4 heteroatoms. The SMILES string of the molecule is Cc1ccc(CC(=O)Nc2ccc(Nc3cc(C)cc(C)c3)nc2)cc1. The molecular weight excluding hydrogens is 322 g/mol. The number of hydrogen-bond donors (Lipinski definition) is 2. The molecule has 0 atom stereocenters. The van der Waals surface area contributed by atoms with Gasteiger partial charge in [-0.15, -0.1) is 0 Å². The van der Waals surface area contributed by atoms with Crippen LogP contribution in [-0.4, -0.2) is 10.9 Å². The highest BCUT2D eigenvalue weighted by Crippen LogP contribution is 2.19. The van der Waals surface area contributed by atoms with Crippen LogP contribution in [0.2, 0.25) is 0 Å². The summed E-state index contributed by atoms with van der Waals surface area (Å²) in [6, 6.07) is 18.0. The molecule has 2 aromatic carbocycles. The van der Waals surface area contributed by atoms with Crippen molar-refractivity contribution in [1.82, 2.24) is 4.98 Å². The zero-order valence-electron chi connectivity index (χ0n) is 15.3. The minimum atomic E-state index is -0.0503. The molecule has 0 saturated carbocycles. The van der Waals surface area contributed by atoms with Crippen molar-refractivity contribution in [2.75, 3.05) is 10.6 Å². The number of anilines is 3. The van der Waals surface area contributed by atoms with Crippen molar-refractivity contribution in [3.8, 4) is 0 Å². The number of hydrogen-bond acceptors (Lipinski definition) is 3. The Labute approximate surface area is 154 Å². The fourth-order valence-electron chi connectivity index (χ4n) is 2.83. The molecule has 1 aromatic heterocycles. The van der Waals surface area contributed by atoms with Crippen molar-refractivity contribution >= 4 is 23.1 Å². The van der Waals surface area contributed by atoms with Gasteiger partial charge in [-0.2, -0.15) is 0 Å². The van der Waals surface area contributed by atoms with Gasteiger partial charge < -0.3 is 10.6 Å². The smallest absolute Gasteiger partial charge is 0.228 e. The number of rotatable bonds is 5. The molecule has 0 radical (unpaired) electrons. The Morgan fingerprint density at radius 2 is 1.54 bits per heavy atom. The van der Waals surface area contributed by atoms with Crippen LogP contribution in [0.1, 0.15) is 22.3 Å². The zero-order valence-corrected chi connectivity index (χ0v) is 15.3. The molecule has 0 fully saturated rings. The van der Waals surface area contributed by atoms with E-state index in [1.807, 2.05) is 43.3 Å². The molecule has 0 aliphatic rings. The standard InChI is InChI=1S/C22H23N3O/c1-15-4-6-18(7-5-15)13-22(26)25-19-8-9-21(23-14-19)24-20-11-16(2)10-17(3)12-20/h4-12,14H,13H2,1-3H3,(H,23,24)(H,25,26). The number of pyridine rings is 1. The summed E-state index contributed by atoms with van der Waals surface area (Å²) in [5.41, 5.74) is 6.28. The van der Waals surface area contributed by atoms with Crippen molar-refractivity contribution in [1.29, 1.82) is 0 Å². The Bertz CT molecular complexity index is 879. The first-order valence-electron chi connectivity index (χ1n) is 8.65. The fourth-order valence-corrected chi connectivity index (χ4v) is 2.83. The molecule has 3 rings (SSSR count). The lowest BCUT2D eigenvalue weighted by Gasteiger charge is -2.09. The van der Waals surface area contributed by atoms with Crippen LogP contribution in [0.15, 0.2) is 60.8 Å².